The van der Waals surface area contributed by atoms with Gasteiger partial charge in [0.1, 0.15) is 9.84 Å². The summed E-state index contributed by atoms with van der Waals surface area (Å²) in [4.78, 5) is 0. The van der Waals surface area contributed by atoms with Gasteiger partial charge in [-0.1, -0.05) is 13.8 Å². The van der Waals surface area contributed by atoms with Crippen LogP contribution in [0.2, 0.25) is 0 Å². The van der Waals surface area contributed by atoms with Crippen molar-refractivity contribution in [1.29, 1.82) is 0 Å². The Labute approximate surface area is 106 Å². The summed E-state index contributed by atoms with van der Waals surface area (Å²) in [5, 5.41) is 3.25. The van der Waals surface area contributed by atoms with E-state index in [1.165, 1.54) is 0 Å². The largest absolute Gasteiger partial charge is 0.384 e. The van der Waals surface area contributed by atoms with E-state index in [0.29, 0.717) is 17.7 Å². The van der Waals surface area contributed by atoms with Crippen molar-refractivity contribution in [1.82, 2.24) is 5.32 Å². The molecule has 1 N–H and O–H groups in total. The number of rotatable bonds is 10. The van der Waals surface area contributed by atoms with E-state index in [9.17, 15) is 8.42 Å². The molecule has 4 nitrogen and oxygen atoms in total. The van der Waals surface area contributed by atoms with Gasteiger partial charge in [-0.25, -0.2) is 8.42 Å². The molecule has 17 heavy (non-hydrogen) atoms. The van der Waals surface area contributed by atoms with Gasteiger partial charge in [0.05, 0.1) is 5.75 Å². The second-order valence-electron chi connectivity index (χ2n) is 4.66. The maximum Gasteiger partial charge on any atom is 0.150 e. The smallest absolute Gasteiger partial charge is 0.150 e. The van der Waals surface area contributed by atoms with Crippen molar-refractivity contribution >= 4 is 9.84 Å². The van der Waals surface area contributed by atoms with Gasteiger partial charge in [0.2, 0.25) is 0 Å². The van der Waals surface area contributed by atoms with Gasteiger partial charge in [-0.3, -0.25) is 0 Å². The fourth-order valence-electron chi connectivity index (χ4n) is 1.91. The zero-order chi connectivity index (χ0) is 13.3. The predicted octanol–water partition coefficient (Wildman–Crippen LogP) is 1.46. The first kappa shape index (κ1) is 16.9. The van der Waals surface area contributed by atoms with Crippen LogP contribution in [0.15, 0.2) is 0 Å². The molecular formula is C12H27NO3S. The van der Waals surface area contributed by atoms with E-state index in [1.54, 1.807) is 14.0 Å². The Balaban J connectivity index is 3.90. The summed E-state index contributed by atoms with van der Waals surface area (Å²) in [5.74, 6) is 1.05. The zero-order valence-corrected chi connectivity index (χ0v) is 12.3. The Bertz CT molecular complexity index is 277. The third-order valence-corrected chi connectivity index (χ3v) is 4.78. The van der Waals surface area contributed by atoms with Crippen LogP contribution in [0.1, 0.15) is 33.1 Å². The summed E-state index contributed by atoms with van der Waals surface area (Å²) in [6.07, 6.45) is 2.67. The van der Waals surface area contributed by atoms with Gasteiger partial charge in [-0.2, -0.15) is 0 Å². The van der Waals surface area contributed by atoms with E-state index in [0.717, 1.165) is 25.9 Å². The summed E-state index contributed by atoms with van der Waals surface area (Å²) in [6.45, 7) is 4.60. The van der Waals surface area contributed by atoms with Gasteiger partial charge >= 0.3 is 0 Å². The Hall–Kier alpha value is -0.130. The number of nitrogens with one attached hydrogen (secondary N) is 1. The normalized spacial score (nSPS) is 15.8. The lowest BCUT2D eigenvalue weighted by molar-refractivity contribution is 0.149. The highest BCUT2D eigenvalue weighted by Gasteiger charge is 2.13. The monoisotopic (exact) mass is 265 g/mol. The number of methoxy groups -OCH3 is 1. The van der Waals surface area contributed by atoms with Gasteiger partial charge in [0, 0.05) is 25.5 Å². The molecule has 0 bridgehead atoms. The molecule has 0 heterocycles. The molecule has 0 radical (unpaired) electrons. The highest BCUT2D eigenvalue weighted by molar-refractivity contribution is 7.91. The molecule has 0 amide bonds. The Kier molecular flexibility index (Phi) is 8.82. The SMILES string of the molecule is CCS(=O)(=O)CCCC(CC(C)COC)NC. The first-order valence-corrected chi connectivity index (χ1v) is 8.14. The first-order valence-electron chi connectivity index (χ1n) is 6.31. The van der Waals surface area contributed by atoms with Crippen molar-refractivity contribution < 1.29 is 13.2 Å². The highest BCUT2D eigenvalue weighted by atomic mass is 32.2. The third-order valence-electron chi connectivity index (χ3n) is 2.99. The molecule has 0 aromatic heterocycles. The lowest BCUT2D eigenvalue weighted by atomic mass is 9.99. The molecule has 0 fully saturated rings. The molecule has 0 spiro atoms. The lowest BCUT2D eigenvalue weighted by Crippen LogP contribution is -2.29. The van der Waals surface area contributed by atoms with E-state index in [1.807, 2.05) is 7.05 Å². The topological polar surface area (TPSA) is 55.4 Å². The molecule has 0 aromatic rings. The van der Waals surface area contributed by atoms with Crippen molar-refractivity contribution in [3.8, 4) is 0 Å². The van der Waals surface area contributed by atoms with Crippen molar-refractivity contribution in [3.63, 3.8) is 0 Å². The highest BCUT2D eigenvalue weighted by Crippen LogP contribution is 2.11. The Morgan fingerprint density at radius 2 is 2.00 bits per heavy atom. The average Bonchev–Trinajstić information content (AvgIpc) is 2.28. The molecule has 0 aliphatic rings. The van der Waals surface area contributed by atoms with Gasteiger partial charge in [-0.05, 0) is 32.2 Å². The molecular weight excluding hydrogens is 238 g/mol. The molecule has 0 saturated heterocycles. The predicted molar refractivity (Wildman–Crippen MR) is 72.1 cm³/mol. The number of ether oxygens (including phenoxy) is 1. The van der Waals surface area contributed by atoms with Crippen molar-refractivity contribution in [2.75, 3.05) is 32.3 Å². The lowest BCUT2D eigenvalue weighted by Gasteiger charge is -2.20. The minimum absolute atomic E-state index is 0.247. The number of hydrogen-bond donors (Lipinski definition) is 1. The summed E-state index contributed by atoms with van der Waals surface area (Å²) >= 11 is 0. The molecule has 0 aromatic carbocycles. The van der Waals surface area contributed by atoms with E-state index in [-0.39, 0.29) is 5.75 Å². The van der Waals surface area contributed by atoms with Crippen LogP contribution < -0.4 is 5.32 Å². The maximum absolute atomic E-state index is 11.4. The van der Waals surface area contributed by atoms with Crippen LogP contribution in [0.3, 0.4) is 0 Å². The van der Waals surface area contributed by atoms with Crippen LogP contribution in [0.4, 0.5) is 0 Å². The van der Waals surface area contributed by atoms with Crippen LogP contribution in [0, 0.1) is 5.92 Å². The van der Waals surface area contributed by atoms with E-state index in [4.69, 9.17) is 4.74 Å². The quantitative estimate of drug-likeness (QED) is 0.650. The second kappa shape index (κ2) is 8.89. The van der Waals surface area contributed by atoms with Crippen LogP contribution in [-0.4, -0.2) is 46.7 Å². The summed E-state index contributed by atoms with van der Waals surface area (Å²) in [5.41, 5.74) is 0. The van der Waals surface area contributed by atoms with Crippen LogP contribution in [-0.2, 0) is 14.6 Å². The molecule has 0 aliphatic carbocycles. The van der Waals surface area contributed by atoms with E-state index in [2.05, 4.69) is 12.2 Å². The van der Waals surface area contributed by atoms with Gasteiger partial charge in [-0.15, -0.1) is 0 Å². The van der Waals surface area contributed by atoms with E-state index < -0.39 is 9.84 Å². The van der Waals surface area contributed by atoms with Crippen LogP contribution in [0.5, 0.6) is 0 Å². The Morgan fingerprint density at radius 1 is 1.35 bits per heavy atom. The molecule has 0 aliphatic heterocycles. The minimum atomic E-state index is -2.81. The first-order chi connectivity index (χ1) is 7.95. The molecule has 0 rings (SSSR count). The minimum Gasteiger partial charge on any atom is -0.384 e. The molecule has 2 atom stereocenters. The van der Waals surface area contributed by atoms with Crippen molar-refractivity contribution in [3.05, 3.63) is 0 Å². The van der Waals surface area contributed by atoms with Crippen molar-refractivity contribution in [2.24, 2.45) is 5.92 Å². The van der Waals surface area contributed by atoms with Crippen molar-refractivity contribution in [2.45, 2.75) is 39.2 Å². The van der Waals surface area contributed by atoms with Gasteiger partial charge in [0.15, 0.2) is 0 Å². The summed E-state index contributed by atoms with van der Waals surface area (Å²) < 4.78 is 27.8. The van der Waals surface area contributed by atoms with Crippen LogP contribution in [0.25, 0.3) is 0 Å². The molecule has 5 heteroatoms. The fourth-order valence-corrected chi connectivity index (χ4v) is 2.81. The third kappa shape index (κ3) is 8.57. The fraction of sp³-hybridized carbons (Fsp3) is 1.00. The Morgan fingerprint density at radius 3 is 2.47 bits per heavy atom. The average molecular weight is 265 g/mol. The van der Waals surface area contributed by atoms with E-state index >= 15 is 0 Å². The molecule has 0 saturated carbocycles. The maximum atomic E-state index is 11.4. The van der Waals surface area contributed by atoms with Gasteiger partial charge < -0.3 is 10.1 Å². The number of hydrogen-bond acceptors (Lipinski definition) is 4. The molecule has 2 unspecified atom stereocenters. The standard InChI is InChI=1S/C12H27NO3S/c1-5-17(14,15)8-6-7-12(13-3)9-11(2)10-16-4/h11-13H,5-10H2,1-4H3. The molecule has 104 valence electrons. The van der Waals surface area contributed by atoms with Crippen LogP contribution >= 0.6 is 0 Å². The summed E-state index contributed by atoms with van der Waals surface area (Å²) in [6, 6.07) is 0.382. The number of sulfone groups is 1. The zero-order valence-electron chi connectivity index (χ0n) is 11.5. The van der Waals surface area contributed by atoms with Gasteiger partial charge in [0.25, 0.3) is 0 Å². The second-order valence-corrected chi connectivity index (χ2v) is 7.13. The summed E-state index contributed by atoms with van der Waals surface area (Å²) in [7, 11) is 0.822.